The molecule has 1 amide bonds. The summed E-state index contributed by atoms with van der Waals surface area (Å²) in [6.07, 6.45) is 1.02. The normalized spacial score (nSPS) is 15.3. The molecule has 0 saturated carbocycles. The number of hydrogen-bond acceptors (Lipinski definition) is 4. The first-order chi connectivity index (χ1) is 9.08. The molecule has 2 heterocycles. The average molecular weight is 266 g/mol. The maximum absolute atomic E-state index is 12.0. The highest BCUT2D eigenvalue weighted by atomic mass is 16.5. The van der Waals surface area contributed by atoms with E-state index in [1.165, 1.54) is 6.07 Å². The number of amides is 1. The van der Waals surface area contributed by atoms with Gasteiger partial charge in [-0.2, -0.15) is 0 Å². The zero-order valence-electron chi connectivity index (χ0n) is 10.2. The van der Waals surface area contributed by atoms with Crippen molar-refractivity contribution in [3.63, 3.8) is 0 Å². The van der Waals surface area contributed by atoms with Gasteiger partial charge in [0.05, 0.1) is 25.2 Å². The van der Waals surface area contributed by atoms with E-state index in [1.807, 2.05) is 0 Å². The smallest absolute Gasteiger partial charge is 0.337 e. The third-order valence-electron chi connectivity index (χ3n) is 2.93. The number of H-pyrrole nitrogens is 1. The molecule has 2 rings (SSSR count). The Hall–Kier alpha value is -2.15. The summed E-state index contributed by atoms with van der Waals surface area (Å²) in [6.45, 7) is 1.96. The number of aromatic nitrogens is 1. The highest BCUT2D eigenvalue weighted by Crippen LogP contribution is 2.04. The Kier molecular flexibility index (Phi) is 3.96. The largest absolute Gasteiger partial charge is 0.478 e. The fraction of sp³-hybridized carbons (Fsp3) is 0.417. The van der Waals surface area contributed by atoms with E-state index in [9.17, 15) is 14.4 Å². The third kappa shape index (κ3) is 3.19. The molecule has 7 nitrogen and oxygen atoms in total. The van der Waals surface area contributed by atoms with E-state index in [0.717, 1.165) is 6.20 Å². The van der Waals surface area contributed by atoms with Crippen LogP contribution < -0.4 is 5.56 Å². The summed E-state index contributed by atoms with van der Waals surface area (Å²) in [5.74, 6) is -1.34. The fourth-order valence-corrected chi connectivity index (χ4v) is 1.87. The van der Waals surface area contributed by atoms with E-state index in [2.05, 4.69) is 4.98 Å². The van der Waals surface area contributed by atoms with Crippen LogP contribution >= 0.6 is 0 Å². The summed E-state index contributed by atoms with van der Waals surface area (Å²) < 4.78 is 5.13. The first-order valence-electron chi connectivity index (χ1n) is 5.88. The Morgan fingerprint density at radius 1 is 1.37 bits per heavy atom. The lowest BCUT2D eigenvalue weighted by Gasteiger charge is -2.26. The number of nitrogens with zero attached hydrogens (tertiary/aromatic N) is 1. The number of carboxylic acid groups (broad SMARTS) is 1. The number of hydrogen-bond donors (Lipinski definition) is 2. The summed E-state index contributed by atoms with van der Waals surface area (Å²) in [4.78, 5) is 38.3. The van der Waals surface area contributed by atoms with Crippen LogP contribution in [0.25, 0.3) is 0 Å². The lowest BCUT2D eigenvalue weighted by molar-refractivity contribution is -0.134. The molecule has 1 aromatic heterocycles. The molecule has 0 atom stereocenters. The number of pyridine rings is 1. The minimum absolute atomic E-state index is 0.0376. The quantitative estimate of drug-likeness (QED) is 0.766. The van der Waals surface area contributed by atoms with Crippen molar-refractivity contribution in [1.82, 2.24) is 9.88 Å². The van der Waals surface area contributed by atoms with Gasteiger partial charge in [0.1, 0.15) is 0 Å². The van der Waals surface area contributed by atoms with Gasteiger partial charge in [0.15, 0.2) is 0 Å². The Bertz CT molecular complexity index is 545. The van der Waals surface area contributed by atoms with Crippen molar-refractivity contribution >= 4 is 11.9 Å². The summed E-state index contributed by atoms with van der Waals surface area (Å²) in [5, 5.41) is 8.85. The van der Waals surface area contributed by atoms with E-state index < -0.39 is 11.5 Å². The molecule has 19 heavy (non-hydrogen) atoms. The molecular formula is C12H14N2O5. The predicted octanol–water partition coefficient (Wildman–Crippen LogP) is -0.526. The van der Waals surface area contributed by atoms with Gasteiger partial charge in [-0.3, -0.25) is 9.59 Å². The Morgan fingerprint density at radius 3 is 2.68 bits per heavy atom. The first kappa shape index (κ1) is 13.3. The standard InChI is InChI=1S/C12H14N2O5/c15-10(14-1-3-19-4-2-14)6-8-5-9(12(17)18)7-13-11(8)16/h5,7H,1-4,6H2,(H,13,16)(H,17,18). The van der Waals surface area contributed by atoms with Gasteiger partial charge in [0.25, 0.3) is 5.56 Å². The maximum atomic E-state index is 12.0. The van der Waals surface area contributed by atoms with Gasteiger partial charge in [-0.15, -0.1) is 0 Å². The van der Waals surface area contributed by atoms with Crippen molar-refractivity contribution in [2.24, 2.45) is 0 Å². The second-order valence-corrected chi connectivity index (χ2v) is 4.22. The molecule has 0 bridgehead atoms. The van der Waals surface area contributed by atoms with Crippen molar-refractivity contribution in [3.8, 4) is 0 Å². The average Bonchev–Trinajstić information content (AvgIpc) is 2.42. The van der Waals surface area contributed by atoms with E-state index >= 15 is 0 Å². The summed E-state index contributed by atoms with van der Waals surface area (Å²) in [5.41, 5.74) is -0.313. The zero-order chi connectivity index (χ0) is 13.8. The van der Waals surface area contributed by atoms with Gasteiger partial charge < -0.3 is 19.7 Å². The second-order valence-electron chi connectivity index (χ2n) is 4.22. The van der Waals surface area contributed by atoms with E-state index in [1.54, 1.807) is 4.90 Å². The number of carboxylic acids is 1. The molecule has 0 aliphatic carbocycles. The number of aromatic carboxylic acids is 1. The molecule has 0 radical (unpaired) electrons. The number of carbonyl (C=O) groups is 2. The SMILES string of the molecule is O=C(O)c1c[nH]c(=O)c(CC(=O)N2CCOCC2)c1. The Labute approximate surface area is 108 Å². The molecule has 1 aliphatic heterocycles. The van der Waals surface area contributed by atoms with Gasteiger partial charge in [-0.1, -0.05) is 0 Å². The molecular weight excluding hydrogens is 252 g/mol. The topological polar surface area (TPSA) is 99.7 Å². The monoisotopic (exact) mass is 266 g/mol. The summed E-state index contributed by atoms with van der Waals surface area (Å²) >= 11 is 0. The Balaban J connectivity index is 2.13. The van der Waals surface area contributed by atoms with Crippen LogP contribution in [0.15, 0.2) is 17.1 Å². The van der Waals surface area contributed by atoms with Crippen LogP contribution in [0.4, 0.5) is 0 Å². The van der Waals surface area contributed by atoms with Crippen LogP contribution in [-0.4, -0.2) is 53.2 Å². The molecule has 2 N–H and O–H groups in total. The lowest BCUT2D eigenvalue weighted by atomic mass is 10.1. The van der Waals surface area contributed by atoms with Crippen LogP contribution in [0.3, 0.4) is 0 Å². The van der Waals surface area contributed by atoms with Crippen LogP contribution in [-0.2, 0) is 16.0 Å². The molecule has 102 valence electrons. The number of carbonyl (C=O) groups excluding carboxylic acids is 1. The lowest BCUT2D eigenvalue weighted by Crippen LogP contribution is -2.42. The van der Waals surface area contributed by atoms with Gasteiger partial charge >= 0.3 is 5.97 Å². The molecule has 1 aliphatic rings. The fourth-order valence-electron chi connectivity index (χ4n) is 1.87. The van der Waals surface area contributed by atoms with E-state index in [0.29, 0.717) is 26.3 Å². The van der Waals surface area contributed by atoms with E-state index in [4.69, 9.17) is 9.84 Å². The first-order valence-corrected chi connectivity index (χ1v) is 5.88. The second kappa shape index (κ2) is 5.66. The number of aromatic amines is 1. The minimum atomic E-state index is -1.14. The van der Waals surface area contributed by atoms with Gasteiger partial charge in [0.2, 0.25) is 5.91 Å². The molecule has 0 unspecified atom stereocenters. The maximum Gasteiger partial charge on any atom is 0.337 e. The molecule has 1 fully saturated rings. The molecule has 1 aromatic rings. The van der Waals surface area contributed by atoms with Crippen molar-refractivity contribution in [1.29, 1.82) is 0 Å². The summed E-state index contributed by atoms with van der Waals surface area (Å²) in [7, 11) is 0. The van der Waals surface area contributed by atoms with Crippen LogP contribution in [0.1, 0.15) is 15.9 Å². The van der Waals surface area contributed by atoms with E-state index in [-0.39, 0.29) is 23.5 Å². The zero-order valence-corrected chi connectivity index (χ0v) is 10.2. The number of ether oxygens (including phenoxy) is 1. The van der Waals surface area contributed by atoms with Crippen LogP contribution in [0.5, 0.6) is 0 Å². The van der Waals surface area contributed by atoms with Gasteiger partial charge in [0, 0.05) is 24.8 Å². The molecule has 7 heteroatoms. The number of morpholine rings is 1. The van der Waals surface area contributed by atoms with Gasteiger partial charge in [-0.25, -0.2) is 4.79 Å². The molecule has 1 saturated heterocycles. The van der Waals surface area contributed by atoms with Crippen molar-refractivity contribution in [2.75, 3.05) is 26.3 Å². The Morgan fingerprint density at radius 2 is 2.05 bits per heavy atom. The van der Waals surface area contributed by atoms with Crippen molar-refractivity contribution in [2.45, 2.75) is 6.42 Å². The minimum Gasteiger partial charge on any atom is -0.478 e. The van der Waals surface area contributed by atoms with Crippen LogP contribution in [0.2, 0.25) is 0 Å². The molecule has 0 spiro atoms. The third-order valence-corrected chi connectivity index (χ3v) is 2.93. The molecule has 0 aromatic carbocycles. The highest BCUT2D eigenvalue weighted by Gasteiger charge is 2.19. The highest BCUT2D eigenvalue weighted by molar-refractivity contribution is 5.88. The predicted molar refractivity (Wildman–Crippen MR) is 65.1 cm³/mol. The van der Waals surface area contributed by atoms with Gasteiger partial charge in [-0.05, 0) is 6.07 Å². The van der Waals surface area contributed by atoms with Crippen molar-refractivity contribution < 1.29 is 19.4 Å². The summed E-state index contributed by atoms with van der Waals surface area (Å²) in [6, 6.07) is 1.24. The van der Waals surface area contributed by atoms with Crippen LogP contribution in [0, 0.1) is 0 Å². The van der Waals surface area contributed by atoms with Crippen molar-refractivity contribution in [3.05, 3.63) is 33.7 Å². The number of rotatable bonds is 3. The number of nitrogens with one attached hydrogen (secondary N) is 1.